The Morgan fingerprint density at radius 2 is 2.42 bits per heavy atom. The van der Waals surface area contributed by atoms with E-state index in [1.807, 2.05) is 7.05 Å². The number of sulfonamides is 1. The molecule has 2 unspecified atom stereocenters. The van der Waals surface area contributed by atoms with Crippen LogP contribution < -0.4 is 5.32 Å². The van der Waals surface area contributed by atoms with Gasteiger partial charge in [-0.1, -0.05) is 4.49 Å². The monoisotopic (exact) mass is 304 g/mol. The Kier molecular flexibility index (Phi) is 4.88. The lowest BCUT2D eigenvalue weighted by atomic mass is 9.92. The molecule has 108 valence electrons. The highest BCUT2D eigenvalue weighted by atomic mass is 32.2. The second kappa shape index (κ2) is 6.25. The second-order valence-corrected chi connectivity index (χ2v) is 7.83. The van der Waals surface area contributed by atoms with Crippen LogP contribution in [0.4, 0.5) is 0 Å². The smallest absolute Gasteiger partial charge is 0.211 e. The average molecular weight is 304 g/mol. The molecule has 0 saturated carbocycles. The summed E-state index contributed by atoms with van der Waals surface area (Å²) in [5.74, 6) is 0.392. The summed E-state index contributed by atoms with van der Waals surface area (Å²) >= 11 is 1.40. The van der Waals surface area contributed by atoms with E-state index in [0.29, 0.717) is 19.0 Å². The normalized spacial score (nSPS) is 23.4. The van der Waals surface area contributed by atoms with Gasteiger partial charge in [0.1, 0.15) is 0 Å². The number of nitrogens with one attached hydrogen (secondary N) is 1. The van der Waals surface area contributed by atoms with Crippen molar-refractivity contribution in [3.8, 4) is 0 Å². The lowest BCUT2D eigenvalue weighted by Gasteiger charge is -2.32. The number of aromatic nitrogens is 2. The topological polar surface area (TPSA) is 75.2 Å². The molecule has 0 bridgehead atoms. The standard InChI is InChI=1S/C11H20N4O2S2/c1-12-10(11-7-13-14-18-11)6-9-4-3-5-15(8-9)19(2,16)17/h7,9-10,12H,3-6,8H2,1-2H3. The SMILES string of the molecule is CNC(CC1CCCN(S(C)(=O)=O)C1)c1cnns1. The van der Waals surface area contributed by atoms with Crippen LogP contribution in [0.2, 0.25) is 0 Å². The number of nitrogens with zero attached hydrogens (tertiary/aromatic N) is 3. The van der Waals surface area contributed by atoms with Crippen LogP contribution >= 0.6 is 11.5 Å². The van der Waals surface area contributed by atoms with Gasteiger partial charge in [0.25, 0.3) is 0 Å². The van der Waals surface area contributed by atoms with Crippen LogP contribution in [0.15, 0.2) is 6.20 Å². The van der Waals surface area contributed by atoms with Crippen LogP contribution in [0.3, 0.4) is 0 Å². The first-order valence-electron chi connectivity index (χ1n) is 6.40. The summed E-state index contributed by atoms with van der Waals surface area (Å²) in [6, 6.07) is 0.213. The van der Waals surface area contributed by atoms with Crippen LogP contribution in [0, 0.1) is 5.92 Å². The summed E-state index contributed by atoms with van der Waals surface area (Å²) in [4.78, 5) is 1.11. The highest BCUT2D eigenvalue weighted by molar-refractivity contribution is 7.88. The van der Waals surface area contributed by atoms with E-state index in [4.69, 9.17) is 0 Å². The molecule has 0 amide bonds. The molecule has 0 spiro atoms. The van der Waals surface area contributed by atoms with Gasteiger partial charge < -0.3 is 5.32 Å². The van der Waals surface area contributed by atoms with Gasteiger partial charge in [-0.3, -0.25) is 0 Å². The van der Waals surface area contributed by atoms with E-state index < -0.39 is 10.0 Å². The Labute approximate surface area is 118 Å². The Bertz CT molecular complexity index is 489. The largest absolute Gasteiger partial charge is 0.312 e. The first kappa shape index (κ1) is 14.8. The van der Waals surface area contributed by atoms with Crippen LogP contribution in [-0.2, 0) is 10.0 Å². The fourth-order valence-corrected chi connectivity index (χ4v) is 4.12. The van der Waals surface area contributed by atoms with E-state index in [9.17, 15) is 8.42 Å². The molecular formula is C11H20N4O2S2. The summed E-state index contributed by atoms with van der Waals surface area (Å²) in [6.45, 7) is 1.28. The maximum absolute atomic E-state index is 11.6. The van der Waals surface area contributed by atoms with E-state index in [2.05, 4.69) is 14.9 Å². The fourth-order valence-electron chi connectivity index (χ4n) is 2.56. The minimum atomic E-state index is -3.06. The quantitative estimate of drug-likeness (QED) is 0.873. The van der Waals surface area contributed by atoms with Gasteiger partial charge in [-0.15, -0.1) is 5.10 Å². The van der Waals surface area contributed by atoms with Gasteiger partial charge in [0, 0.05) is 19.1 Å². The van der Waals surface area contributed by atoms with Gasteiger partial charge in [0.2, 0.25) is 10.0 Å². The van der Waals surface area contributed by atoms with Gasteiger partial charge in [-0.05, 0) is 43.8 Å². The van der Waals surface area contributed by atoms with E-state index in [-0.39, 0.29) is 6.04 Å². The number of piperidine rings is 1. The van der Waals surface area contributed by atoms with Crippen LogP contribution in [-0.4, -0.2) is 48.7 Å². The molecule has 2 rings (SSSR count). The Balaban J connectivity index is 1.98. The van der Waals surface area contributed by atoms with Crippen molar-refractivity contribution in [3.05, 3.63) is 11.1 Å². The molecule has 0 radical (unpaired) electrons. The zero-order chi connectivity index (χ0) is 13.9. The highest BCUT2D eigenvalue weighted by Gasteiger charge is 2.28. The molecule has 1 aliphatic heterocycles. The molecule has 0 aliphatic carbocycles. The summed E-state index contributed by atoms with van der Waals surface area (Å²) in [6.07, 6.45) is 6.01. The van der Waals surface area contributed by atoms with Crippen molar-refractivity contribution in [2.24, 2.45) is 5.92 Å². The van der Waals surface area contributed by atoms with Crippen molar-refractivity contribution >= 4 is 21.6 Å². The molecule has 2 atom stereocenters. The zero-order valence-electron chi connectivity index (χ0n) is 11.2. The summed E-state index contributed by atoms with van der Waals surface area (Å²) in [5.41, 5.74) is 0. The molecule has 1 fully saturated rings. The van der Waals surface area contributed by atoms with Crippen LogP contribution in [0.1, 0.15) is 30.2 Å². The Morgan fingerprint density at radius 1 is 1.63 bits per heavy atom. The molecule has 1 saturated heterocycles. The van der Waals surface area contributed by atoms with Gasteiger partial charge in [0.05, 0.1) is 17.3 Å². The molecule has 19 heavy (non-hydrogen) atoms. The molecule has 6 nitrogen and oxygen atoms in total. The lowest BCUT2D eigenvalue weighted by Crippen LogP contribution is -2.40. The Hall–Kier alpha value is -0.570. The van der Waals surface area contributed by atoms with E-state index in [1.165, 1.54) is 17.8 Å². The first-order valence-corrected chi connectivity index (χ1v) is 9.02. The van der Waals surface area contributed by atoms with Crippen molar-refractivity contribution < 1.29 is 8.42 Å². The summed E-state index contributed by atoms with van der Waals surface area (Å²) in [5, 5.41) is 7.13. The molecule has 1 aliphatic rings. The number of hydrogen-bond acceptors (Lipinski definition) is 6. The second-order valence-electron chi connectivity index (χ2n) is 5.03. The number of hydrogen-bond donors (Lipinski definition) is 1. The molecule has 1 aromatic rings. The molecule has 0 aromatic carbocycles. The minimum Gasteiger partial charge on any atom is -0.312 e. The lowest BCUT2D eigenvalue weighted by molar-refractivity contribution is 0.241. The predicted octanol–water partition coefficient (Wildman–Crippen LogP) is 0.860. The molecule has 1 aromatic heterocycles. The Morgan fingerprint density at radius 3 is 3.00 bits per heavy atom. The fraction of sp³-hybridized carbons (Fsp3) is 0.818. The van der Waals surface area contributed by atoms with E-state index in [1.54, 1.807) is 10.5 Å². The molecule has 2 heterocycles. The maximum Gasteiger partial charge on any atom is 0.211 e. The maximum atomic E-state index is 11.6. The zero-order valence-corrected chi connectivity index (χ0v) is 12.9. The highest BCUT2D eigenvalue weighted by Crippen LogP contribution is 2.29. The minimum absolute atomic E-state index is 0.213. The predicted molar refractivity (Wildman–Crippen MR) is 75.5 cm³/mol. The third-order valence-corrected chi connectivity index (χ3v) is 5.64. The van der Waals surface area contributed by atoms with Gasteiger partial charge >= 0.3 is 0 Å². The first-order chi connectivity index (χ1) is 9.00. The van der Waals surface area contributed by atoms with Crippen molar-refractivity contribution in [1.29, 1.82) is 0 Å². The van der Waals surface area contributed by atoms with Gasteiger partial charge in [0.15, 0.2) is 0 Å². The molecular weight excluding hydrogens is 284 g/mol. The van der Waals surface area contributed by atoms with Crippen molar-refractivity contribution in [2.75, 3.05) is 26.4 Å². The van der Waals surface area contributed by atoms with Crippen LogP contribution in [0.5, 0.6) is 0 Å². The van der Waals surface area contributed by atoms with Gasteiger partial charge in [-0.2, -0.15) is 0 Å². The molecule has 8 heteroatoms. The van der Waals surface area contributed by atoms with Gasteiger partial charge in [-0.25, -0.2) is 12.7 Å². The molecule has 1 N–H and O–H groups in total. The third kappa shape index (κ3) is 3.95. The summed E-state index contributed by atoms with van der Waals surface area (Å²) in [7, 11) is -1.15. The van der Waals surface area contributed by atoms with E-state index >= 15 is 0 Å². The number of rotatable bonds is 5. The third-order valence-electron chi connectivity index (χ3n) is 3.59. The summed E-state index contributed by atoms with van der Waals surface area (Å²) < 4.78 is 28.7. The van der Waals surface area contributed by atoms with Crippen LogP contribution in [0.25, 0.3) is 0 Å². The van der Waals surface area contributed by atoms with Crippen molar-refractivity contribution in [3.63, 3.8) is 0 Å². The van der Waals surface area contributed by atoms with Crippen molar-refractivity contribution in [2.45, 2.75) is 25.3 Å². The van der Waals surface area contributed by atoms with Crippen molar-refractivity contribution in [1.82, 2.24) is 19.2 Å². The van der Waals surface area contributed by atoms with E-state index in [0.717, 1.165) is 24.1 Å². The average Bonchev–Trinajstić information content (AvgIpc) is 2.89.